The fourth-order valence-corrected chi connectivity index (χ4v) is 2.47. The third-order valence-electron chi connectivity index (χ3n) is 2.58. The molecule has 17 heavy (non-hydrogen) atoms. The van der Waals surface area contributed by atoms with Crippen molar-refractivity contribution in [2.75, 3.05) is 12.8 Å². The quantitative estimate of drug-likeness (QED) is 0.869. The van der Waals surface area contributed by atoms with Gasteiger partial charge in [-0.3, -0.25) is 9.89 Å². The van der Waals surface area contributed by atoms with Crippen LogP contribution in [0.2, 0.25) is 0 Å². The molecule has 0 aliphatic rings. The number of aryl methyl sites for hydroxylation is 1. The van der Waals surface area contributed by atoms with Gasteiger partial charge in [0, 0.05) is 11.9 Å². The van der Waals surface area contributed by atoms with E-state index in [1.165, 1.54) is 16.6 Å². The topological polar surface area (TPSA) is 75.0 Å². The number of H-pyrrole nitrogens is 1. The first-order valence-electron chi connectivity index (χ1n) is 5.17. The number of hydrogen-bond donors (Lipinski definition) is 2. The molecule has 0 aliphatic heterocycles. The summed E-state index contributed by atoms with van der Waals surface area (Å²) in [7, 11) is 1.75. The van der Waals surface area contributed by atoms with Crippen molar-refractivity contribution in [3.8, 4) is 0 Å². The molecule has 0 saturated carbocycles. The summed E-state index contributed by atoms with van der Waals surface area (Å²) in [5.74, 6) is -0.146. The minimum atomic E-state index is -0.146. The minimum Gasteiger partial charge on any atom is -0.396 e. The molecular formula is C11H14N4OS. The maximum atomic E-state index is 12.0. The van der Waals surface area contributed by atoms with Crippen LogP contribution in [0, 0.1) is 6.92 Å². The fourth-order valence-electron chi connectivity index (χ4n) is 1.51. The van der Waals surface area contributed by atoms with Crippen molar-refractivity contribution in [2.24, 2.45) is 0 Å². The van der Waals surface area contributed by atoms with Gasteiger partial charge in [0.05, 0.1) is 18.4 Å². The van der Waals surface area contributed by atoms with Crippen LogP contribution < -0.4 is 5.73 Å². The van der Waals surface area contributed by atoms with Crippen LogP contribution in [-0.2, 0) is 6.54 Å². The molecular weight excluding hydrogens is 236 g/mol. The van der Waals surface area contributed by atoms with Gasteiger partial charge in [-0.15, -0.1) is 11.3 Å². The van der Waals surface area contributed by atoms with Gasteiger partial charge in [0.15, 0.2) is 0 Å². The minimum absolute atomic E-state index is 0.146. The Balaban J connectivity index is 2.11. The summed E-state index contributed by atoms with van der Waals surface area (Å²) in [5.41, 5.74) is 7.57. The molecule has 2 aromatic heterocycles. The highest BCUT2D eigenvalue weighted by molar-refractivity contribution is 7.10. The second-order valence-electron chi connectivity index (χ2n) is 3.89. The van der Waals surface area contributed by atoms with Crippen molar-refractivity contribution in [2.45, 2.75) is 13.5 Å². The Kier molecular flexibility index (Phi) is 3.14. The summed E-state index contributed by atoms with van der Waals surface area (Å²) < 4.78 is 0. The lowest BCUT2D eigenvalue weighted by Crippen LogP contribution is -2.27. The summed E-state index contributed by atoms with van der Waals surface area (Å²) in [4.78, 5) is 14.9. The zero-order chi connectivity index (χ0) is 12.4. The van der Waals surface area contributed by atoms with Crippen molar-refractivity contribution in [1.82, 2.24) is 15.1 Å². The van der Waals surface area contributed by atoms with Crippen LogP contribution in [0.15, 0.2) is 17.6 Å². The number of carbonyl (C=O) groups excluding carboxylic acids is 1. The number of amides is 1. The Bertz CT molecular complexity index is 531. The largest absolute Gasteiger partial charge is 0.396 e. The van der Waals surface area contributed by atoms with Gasteiger partial charge in [-0.25, -0.2) is 0 Å². The third-order valence-corrected chi connectivity index (χ3v) is 3.59. The average Bonchev–Trinajstić information content (AvgIpc) is 2.88. The third kappa shape index (κ3) is 2.31. The van der Waals surface area contributed by atoms with Crippen LogP contribution in [0.4, 0.5) is 5.69 Å². The first-order chi connectivity index (χ1) is 8.09. The summed E-state index contributed by atoms with van der Waals surface area (Å²) in [6.07, 6.45) is 1.44. The van der Waals surface area contributed by atoms with Crippen LogP contribution in [0.5, 0.6) is 0 Å². The monoisotopic (exact) mass is 250 g/mol. The Labute approximate surface area is 103 Å². The molecule has 0 spiro atoms. The molecule has 0 aliphatic carbocycles. The number of nitrogen functional groups attached to an aromatic ring is 1. The van der Waals surface area contributed by atoms with Gasteiger partial charge in [-0.1, -0.05) is 0 Å². The molecule has 0 bridgehead atoms. The smallest absolute Gasteiger partial charge is 0.274 e. The number of nitrogens with one attached hydrogen (secondary N) is 1. The zero-order valence-corrected chi connectivity index (χ0v) is 10.5. The summed E-state index contributed by atoms with van der Waals surface area (Å²) in [6, 6.07) is 2.04. The second-order valence-corrected chi connectivity index (χ2v) is 4.89. The summed E-state index contributed by atoms with van der Waals surface area (Å²) >= 11 is 1.65. The van der Waals surface area contributed by atoms with E-state index in [4.69, 9.17) is 5.73 Å². The second kappa shape index (κ2) is 4.58. The first kappa shape index (κ1) is 11.7. The SMILES string of the molecule is Cc1ccsc1CN(C)C(=O)c1[nH]ncc1N. The number of aromatic nitrogens is 2. The molecule has 0 unspecified atom stereocenters. The molecule has 2 aromatic rings. The van der Waals surface area contributed by atoms with E-state index in [-0.39, 0.29) is 5.91 Å². The van der Waals surface area contributed by atoms with Gasteiger partial charge in [0.1, 0.15) is 5.69 Å². The van der Waals surface area contributed by atoms with Crippen LogP contribution in [-0.4, -0.2) is 28.1 Å². The van der Waals surface area contributed by atoms with E-state index >= 15 is 0 Å². The van der Waals surface area contributed by atoms with Crippen LogP contribution in [0.25, 0.3) is 0 Å². The van der Waals surface area contributed by atoms with E-state index in [0.717, 1.165) is 0 Å². The van der Waals surface area contributed by atoms with E-state index in [1.54, 1.807) is 23.3 Å². The number of thiophene rings is 1. The van der Waals surface area contributed by atoms with Crippen LogP contribution in [0.1, 0.15) is 20.9 Å². The van der Waals surface area contributed by atoms with Gasteiger partial charge in [0.2, 0.25) is 0 Å². The van der Waals surface area contributed by atoms with Gasteiger partial charge in [-0.05, 0) is 23.9 Å². The van der Waals surface area contributed by atoms with Crippen molar-refractivity contribution < 1.29 is 4.79 Å². The van der Waals surface area contributed by atoms with E-state index in [0.29, 0.717) is 17.9 Å². The molecule has 0 atom stereocenters. The highest BCUT2D eigenvalue weighted by Gasteiger charge is 2.17. The van der Waals surface area contributed by atoms with Gasteiger partial charge >= 0.3 is 0 Å². The maximum absolute atomic E-state index is 12.0. The normalized spacial score (nSPS) is 10.5. The molecule has 3 N–H and O–H groups in total. The van der Waals surface area contributed by atoms with Crippen molar-refractivity contribution in [3.63, 3.8) is 0 Å². The Morgan fingerprint density at radius 2 is 2.41 bits per heavy atom. The summed E-state index contributed by atoms with van der Waals surface area (Å²) in [6.45, 7) is 2.62. The average molecular weight is 250 g/mol. The molecule has 90 valence electrons. The lowest BCUT2D eigenvalue weighted by atomic mass is 10.2. The molecule has 0 aromatic carbocycles. The highest BCUT2D eigenvalue weighted by Crippen LogP contribution is 2.18. The summed E-state index contributed by atoms with van der Waals surface area (Å²) in [5, 5.41) is 8.38. The molecule has 6 heteroatoms. The fraction of sp³-hybridized carbons (Fsp3) is 0.273. The van der Waals surface area contributed by atoms with Crippen molar-refractivity contribution >= 4 is 22.9 Å². The van der Waals surface area contributed by atoms with E-state index < -0.39 is 0 Å². The number of rotatable bonds is 3. The molecule has 0 radical (unpaired) electrons. The van der Waals surface area contributed by atoms with E-state index in [9.17, 15) is 4.79 Å². The number of nitrogens with two attached hydrogens (primary N) is 1. The standard InChI is InChI=1S/C11H14N4OS/c1-7-3-4-17-9(7)6-15(2)11(16)10-8(12)5-13-14-10/h3-5H,6,12H2,1-2H3,(H,13,14). The Hall–Kier alpha value is -1.82. The van der Waals surface area contributed by atoms with Gasteiger partial charge in [-0.2, -0.15) is 5.10 Å². The molecule has 5 nitrogen and oxygen atoms in total. The predicted octanol–water partition coefficient (Wildman–Crippen LogP) is 1.63. The van der Waals surface area contributed by atoms with Gasteiger partial charge in [0.25, 0.3) is 5.91 Å². The van der Waals surface area contributed by atoms with Crippen molar-refractivity contribution in [3.05, 3.63) is 33.8 Å². The van der Waals surface area contributed by atoms with Gasteiger partial charge < -0.3 is 10.6 Å². The number of nitrogens with zero attached hydrogens (tertiary/aromatic N) is 2. The molecule has 2 heterocycles. The molecule has 2 rings (SSSR count). The number of aromatic amines is 1. The molecule has 0 fully saturated rings. The molecule has 1 amide bonds. The van der Waals surface area contributed by atoms with E-state index in [2.05, 4.69) is 10.2 Å². The van der Waals surface area contributed by atoms with Crippen LogP contribution >= 0.6 is 11.3 Å². The maximum Gasteiger partial charge on any atom is 0.274 e. The van der Waals surface area contributed by atoms with Crippen molar-refractivity contribution in [1.29, 1.82) is 0 Å². The van der Waals surface area contributed by atoms with E-state index in [1.807, 2.05) is 18.4 Å². The highest BCUT2D eigenvalue weighted by atomic mass is 32.1. The predicted molar refractivity (Wildman–Crippen MR) is 67.9 cm³/mol. The Morgan fingerprint density at radius 3 is 2.94 bits per heavy atom. The molecule has 0 saturated heterocycles. The first-order valence-corrected chi connectivity index (χ1v) is 6.05. The lowest BCUT2D eigenvalue weighted by molar-refractivity contribution is 0.0781. The lowest BCUT2D eigenvalue weighted by Gasteiger charge is -2.16. The number of hydrogen-bond acceptors (Lipinski definition) is 4. The zero-order valence-electron chi connectivity index (χ0n) is 9.73. The van der Waals surface area contributed by atoms with Crippen LogP contribution in [0.3, 0.4) is 0 Å². The number of anilines is 1. The number of carbonyl (C=O) groups is 1. The Morgan fingerprint density at radius 1 is 1.65 bits per heavy atom.